The van der Waals surface area contributed by atoms with Crippen LogP contribution in [0.1, 0.15) is 25.7 Å². The van der Waals surface area contributed by atoms with Crippen molar-refractivity contribution in [2.75, 3.05) is 33.0 Å². The molecule has 4 heterocycles. The van der Waals surface area contributed by atoms with E-state index in [1.807, 2.05) is 0 Å². The normalized spacial score (nSPS) is 40.4. The Bertz CT molecular complexity index is 1180. The highest BCUT2D eigenvalue weighted by Crippen LogP contribution is 2.31. The van der Waals surface area contributed by atoms with Gasteiger partial charge in [-0.3, -0.25) is 14.4 Å². The molecule has 4 saturated heterocycles. The number of hydrogen-bond donors (Lipinski definition) is 11. The monoisotopic (exact) mass is 744 g/mol. The molecule has 4 aliphatic rings. The fraction of sp³-hybridized carbons (Fsp3) is 0.857. The molecule has 11 N–H and O–H groups in total. The van der Waals surface area contributed by atoms with Crippen molar-refractivity contribution in [2.45, 2.75) is 118 Å². The van der Waals surface area contributed by atoms with E-state index in [0.29, 0.717) is 5.06 Å². The van der Waals surface area contributed by atoms with E-state index in [2.05, 4.69) is 10.2 Å². The molecule has 4 rings (SSSR count). The number of rotatable bonds is 15. The average Bonchev–Trinajstić information content (AvgIpc) is 3.42. The molecule has 292 valence electrons. The van der Waals surface area contributed by atoms with Crippen molar-refractivity contribution >= 4 is 23.7 Å². The molecule has 23 heteroatoms. The van der Waals surface area contributed by atoms with Crippen LogP contribution in [0.3, 0.4) is 0 Å². The lowest BCUT2D eigenvalue weighted by molar-refractivity contribution is -0.366. The number of hydrogen-bond acceptors (Lipinski definition) is 21. The van der Waals surface area contributed by atoms with E-state index < -0.39 is 148 Å². The van der Waals surface area contributed by atoms with E-state index in [1.54, 1.807) is 0 Å². The van der Waals surface area contributed by atoms with E-state index >= 15 is 0 Å². The van der Waals surface area contributed by atoms with Gasteiger partial charge in [-0.1, -0.05) is 0 Å². The first-order valence-electron chi connectivity index (χ1n) is 16.0. The van der Waals surface area contributed by atoms with Crippen molar-refractivity contribution < 1.29 is 104 Å². The van der Waals surface area contributed by atoms with Crippen LogP contribution >= 0.6 is 0 Å². The van der Waals surface area contributed by atoms with Crippen LogP contribution in [0.2, 0.25) is 0 Å². The maximum Gasteiger partial charge on any atom is 0.333 e. The Hall–Kier alpha value is -2.56. The van der Waals surface area contributed by atoms with Crippen LogP contribution in [-0.2, 0) is 52.4 Å². The highest BCUT2D eigenvalue weighted by Gasteiger charge is 2.52. The average molecular weight is 745 g/mol. The van der Waals surface area contributed by atoms with E-state index in [0.717, 1.165) is 0 Å². The molecule has 0 radical (unpaired) electrons. The largest absolute Gasteiger partial charge is 0.394 e. The minimum absolute atomic E-state index is 0.0996. The Balaban J connectivity index is 1.36. The maximum absolute atomic E-state index is 12.2. The van der Waals surface area contributed by atoms with E-state index in [9.17, 15) is 70.2 Å². The zero-order valence-electron chi connectivity index (χ0n) is 26.9. The Kier molecular flexibility index (Phi) is 14.9. The van der Waals surface area contributed by atoms with Crippen molar-refractivity contribution in [3.63, 3.8) is 0 Å². The van der Waals surface area contributed by atoms with Crippen LogP contribution in [-0.4, -0.2) is 205 Å². The van der Waals surface area contributed by atoms with E-state index in [1.165, 1.54) is 0 Å². The number of aliphatic hydroxyl groups is 10. The molecule has 0 aliphatic carbocycles. The zero-order chi connectivity index (χ0) is 37.6. The Labute approximate surface area is 288 Å². The summed E-state index contributed by atoms with van der Waals surface area (Å²) in [6.07, 6.45) is -26.8. The van der Waals surface area contributed by atoms with Crippen LogP contribution in [0.5, 0.6) is 0 Å². The van der Waals surface area contributed by atoms with Gasteiger partial charge in [-0.25, -0.2) is 4.79 Å². The van der Waals surface area contributed by atoms with Gasteiger partial charge in [0.1, 0.15) is 73.2 Å². The number of amides is 3. The first-order valence-corrected chi connectivity index (χ1v) is 16.0. The minimum atomic E-state index is -1.93. The molecule has 3 amide bonds. The van der Waals surface area contributed by atoms with Gasteiger partial charge < -0.3 is 89.6 Å². The molecular formula is C28H44N2O21. The summed E-state index contributed by atoms with van der Waals surface area (Å²) >= 11 is 0. The second-order valence-electron chi connectivity index (χ2n) is 12.1. The van der Waals surface area contributed by atoms with Crippen LogP contribution in [0.25, 0.3) is 0 Å². The quantitative estimate of drug-likeness (QED) is 0.0548. The number of ether oxygens (including phenoxy) is 6. The topological polar surface area (TPSA) is 350 Å². The van der Waals surface area contributed by atoms with E-state index in [-0.39, 0.29) is 26.0 Å². The van der Waals surface area contributed by atoms with Gasteiger partial charge in [0, 0.05) is 25.8 Å². The van der Waals surface area contributed by atoms with Gasteiger partial charge in [0.25, 0.3) is 11.8 Å². The predicted molar refractivity (Wildman–Crippen MR) is 154 cm³/mol. The molecule has 0 spiro atoms. The summed E-state index contributed by atoms with van der Waals surface area (Å²) in [4.78, 5) is 52.0. The zero-order valence-corrected chi connectivity index (χ0v) is 26.9. The number of hydroxylamine groups is 2. The van der Waals surface area contributed by atoms with Gasteiger partial charge in [-0.2, -0.15) is 0 Å². The second kappa shape index (κ2) is 18.5. The maximum atomic E-state index is 12.2. The van der Waals surface area contributed by atoms with Crippen molar-refractivity contribution in [1.29, 1.82) is 0 Å². The summed E-state index contributed by atoms with van der Waals surface area (Å²) in [5.74, 6) is -3.02. The van der Waals surface area contributed by atoms with Gasteiger partial charge >= 0.3 is 5.97 Å². The number of aliphatic hydroxyl groups excluding tert-OH is 10. The van der Waals surface area contributed by atoms with Crippen molar-refractivity contribution in [2.24, 2.45) is 0 Å². The number of nitrogens with zero attached hydrogens (tertiary/aromatic N) is 1. The molecular weight excluding hydrogens is 700 g/mol. The molecule has 51 heavy (non-hydrogen) atoms. The fourth-order valence-corrected chi connectivity index (χ4v) is 5.54. The first-order chi connectivity index (χ1) is 24.2. The summed E-state index contributed by atoms with van der Waals surface area (Å²) in [6, 6.07) is 0. The van der Waals surface area contributed by atoms with E-state index in [4.69, 9.17) is 28.4 Å². The van der Waals surface area contributed by atoms with Crippen LogP contribution in [0, 0.1) is 0 Å². The third-order valence-corrected chi connectivity index (χ3v) is 8.52. The lowest BCUT2D eigenvalue weighted by Gasteiger charge is -2.46. The van der Waals surface area contributed by atoms with Gasteiger partial charge in [0.2, 0.25) is 5.91 Å². The second-order valence-corrected chi connectivity index (χ2v) is 12.1. The van der Waals surface area contributed by atoms with Gasteiger partial charge in [-0.15, -0.1) is 5.06 Å². The van der Waals surface area contributed by atoms with Gasteiger partial charge in [-0.05, 0) is 0 Å². The highest BCUT2D eigenvalue weighted by atomic mass is 16.8. The molecule has 0 unspecified atom stereocenters. The minimum Gasteiger partial charge on any atom is -0.394 e. The summed E-state index contributed by atoms with van der Waals surface area (Å²) in [5, 5.41) is 105. The lowest BCUT2D eigenvalue weighted by atomic mass is 9.96. The van der Waals surface area contributed by atoms with Crippen molar-refractivity contribution in [3.05, 3.63) is 0 Å². The molecule has 0 saturated carbocycles. The molecule has 15 atom stereocenters. The fourth-order valence-electron chi connectivity index (χ4n) is 5.54. The Morgan fingerprint density at radius 1 is 0.667 bits per heavy atom. The Morgan fingerprint density at radius 2 is 1.20 bits per heavy atom. The van der Waals surface area contributed by atoms with Crippen molar-refractivity contribution in [3.8, 4) is 0 Å². The summed E-state index contributed by atoms with van der Waals surface area (Å²) < 4.78 is 32.8. The van der Waals surface area contributed by atoms with Gasteiger partial charge in [0.05, 0.1) is 32.8 Å². The number of imide groups is 1. The number of nitrogens with one attached hydrogen (secondary N) is 1. The first kappa shape index (κ1) is 41.2. The number of carbonyl (C=O) groups excluding carboxylic acids is 4. The van der Waals surface area contributed by atoms with Crippen LogP contribution < -0.4 is 5.32 Å². The summed E-state index contributed by atoms with van der Waals surface area (Å²) in [7, 11) is 0. The molecule has 0 bridgehead atoms. The molecule has 0 aromatic carbocycles. The van der Waals surface area contributed by atoms with Gasteiger partial charge in [0.15, 0.2) is 18.9 Å². The summed E-state index contributed by atoms with van der Waals surface area (Å²) in [5.41, 5.74) is 0. The van der Waals surface area contributed by atoms with Crippen LogP contribution in [0.15, 0.2) is 0 Å². The molecule has 0 aromatic heterocycles. The highest BCUT2D eigenvalue weighted by molar-refractivity contribution is 6.01. The third-order valence-electron chi connectivity index (χ3n) is 8.52. The smallest absolute Gasteiger partial charge is 0.333 e. The lowest BCUT2D eigenvalue weighted by Crippen LogP contribution is -2.65. The Morgan fingerprint density at radius 3 is 1.78 bits per heavy atom. The number of carbonyl (C=O) groups is 4. The molecule has 23 nitrogen and oxygen atoms in total. The third kappa shape index (κ3) is 9.91. The molecule has 0 aromatic rings. The summed E-state index contributed by atoms with van der Waals surface area (Å²) in [6.45, 7) is -2.83. The molecule has 4 aliphatic heterocycles. The van der Waals surface area contributed by atoms with Crippen molar-refractivity contribution in [1.82, 2.24) is 10.4 Å². The standard InChI is InChI=1S/C28H44N2O21/c31-7-10-17(37)20(40)22(42)26(47-10)46-9-12-19(39)25(50-28-23(43)21(41)18(38)11(8-32)48-28)24(44)27(49-12)45-6-5-29-13(33)1-4-16(36)51-30-14(34)2-3-15(30)35/h10-12,17-28,31-32,37-44H,1-9H2,(H,29,33)/t10-,11-,12-,17-,18-,19-,20+,21+,22+,23+,24+,25+,26+,27+,28-/m1/s1. The SMILES string of the molecule is O=C(CCC(=O)ON1C(=O)CCC1=O)NCCO[C@H]1O[C@H](CO[C@H]2O[C@H](CO)[C@@H](O)[C@H](O)[C@@H]2O)[C@@H](O)[C@H](O[C@H]2O[C@H](CO)[C@@H](O)[C@H](O)[C@@H]2O)[C@@H]1O. The predicted octanol–water partition coefficient (Wildman–Crippen LogP) is -8.05. The van der Waals surface area contributed by atoms with Crippen LogP contribution in [0.4, 0.5) is 0 Å². The molecule has 4 fully saturated rings.